The number of hydrogen-bond acceptors (Lipinski definition) is 3. The van der Waals surface area contributed by atoms with E-state index in [2.05, 4.69) is 43.2 Å². The van der Waals surface area contributed by atoms with Gasteiger partial charge in [-0.3, -0.25) is 4.98 Å². The highest BCUT2D eigenvalue weighted by molar-refractivity contribution is 7.99. The van der Waals surface area contributed by atoms with Crippen LogP contribution in [0.1, 0.15) is 27.2 Å². The van der Waals surface area contributed by atoms with Crippen LogP contribution in [0.5, 0.6) is 0 Å². The highest BCUT2D eigenvalue weighted by Gasteiger charge is 2.12. The van der Waals surface area contributed by atoms with E-state index in [0.717, 1.165) is 12.3 Å². The molecule has 0 fully saturated rings. The second-order valence-corrected chi connectivity index (χ2v) is 5.39. The van der Waals surface area contributed by atoms with Crippen LogP contribution in [0.3, 0.4) is 0 Å². The zero-order valence-electron chi connectivity index (χ0n) is 10.4. The molecule has 1 aromatic rings. The maximum atomic E-state index is 4.03. The largest absolute Gasteiger partial charge is 0.313 e. The fraction of sp³-hybridized carbons (Fsp3) is 0.615. The number of rotatable bonds is 7. The lowest BCUT2D eigenvalue weighted by atomic mass is 10.1. The minimum Gasteiger partial charge on any atom is -0.313 e. The fourth-order valence-electron chi connectivity index (χ4n) is 1.44. The van der Waals surface area contributed by atoms with Gasteiger partial charge in [0.25, 0.3) is 0 Å². The van der Waals surface area contributed by atoms with Gasteiger partial charge in [-0.15, -0.1) is 11.8 Å². The first kappa shape index (κ1) is 13.5. The van der Waals surface area contributed by atoms with Gasteiger partial charge in [-0.2, -0.15) is 0 Å². The van der Waals surface area contributed by atoms with E-state index in [1.54, 1.807) is 0 Å². The van der Waals surface area contributed by atoms with Crippen LogP contribution in [0.15, 0.2) is 29.4 Å². The summed E-state index contributed by atoms with van der Waals surface area (Å²) in [5, 5.41) is 3.60. The molecule has 0 radical (unpaired) electrons. The lowest BCUT2D eigenvalue weighted by Crippen LogP contribution is -2.36. The average molecular weight is 238 g/mol. The molecule has 0 aromatic carbocycles. The van der Waals surface area contributed by atoms with Crippen molar-refractivity contribution in [1.29, 1.82) is 0 Å². The van der Waals surface area contributed by atoms with Gasteiger partial charge in [0.15, 0.2) is 0 Å². The Bertz CT molecular complexity index is 275. The van der Waals surface area contributed by atoms with E-state index in [4.69, 9.17) is 0 Å². The van der Waals surface area contributed by atoms with Crippen LogP contribution in [0, 0.1) is 5.92 Å². The van der Waals surface area contributed by atoms with Crippen molar-refractivity contribution in [2.75, 3.05) is 12.3 Å². The molecule has 1 rings (SSSR count). The molecular formula is C13H22N2S. The van der Waals surface area contributed by atoms with E-state index in [9.17, 15) is 0 Å². The number of nitrogens with one attached hydrogen (secondary N) is 1. The highest BCUT2D eigenvalue weighted by Crippen LogP contribution is 2.19. The molecule has 2 nitrogen and oxygen atoms in total. The molecule has 0 bridgehead atoms. The first-order valence-electron chi connectivity index (χ1n) is 6.00. The molecule has 1 aromatic heterocycles. The second kappa shape index (κ2) is 7.69. The molecule has 1 atom stereocenters. The Morgan fingerprint density at radius 1 is 1.31 bits per heavy atom. The van der Waals surface area contributed by atoms with Crippen LogP contribution in [-0.2, 0) is 0 Å². The smallest absolute Gasteiger partial charge is 0.0278 e. The van der Waals surface area contributed by atoms with Crippen molar-refractivity contribution in [2.45, 2.75) is 38.1 Å². The fourth-order valence-corrected chi connectivity index (χ4v) is 2.63. The van der Waals surface area contributed by atoms with Crippen LogP contribution >= 0.6 is 11.8 Å². The van der Waals surface area contributed by atoms with E-state index in [1.165, 1.54) is 11.3 Å². The predicted octanol–water partition coefficient (Wildman–Crippen LogP) is 3.20. The van der Waals surface area contributed by atoms with Crippen molar-refractivity contribution in [3.05, 3.63) is 24.5 Å². The number of nitrogens with zero attached hydrogens (tertiary/aromatic N) is 1. The third-order valence-corrected chi connectivity index (χ3v) is 3.67. The van der Waals surface area contributed by atoms with Crippen molar-refractivity contribution in [2.24, 2.45) is 5.92 Å². The van der Waals surface area contributed by atoms with E-state index >= 15 is 0 Å². The van der Waals surface area contributed by atoms with Crippen LogP contribution in [0.2, 0.25) is 0 Å². The zero-order chi connectivity index (χ0) is 11.8. The monoisotopic (exact) mass is 238 g/mol. The minimum absolute atomic E-state index is 0.595. The second-order valence-electron chi connectivity index (χ2n) is 4.30. The maximum absolute atomic E-state index is 4.03. The summed E-state index contributed by atoms with van der Waals surface area (Å²) < 4.78 is 0. The quantitative estimate of drug-likeness (QED) is 0.738. The van der Waals surface area contributed by atoms with E-state index in [1.807, 2.05) is 24.2 Å². The number of aromatic nitrogens is 1. The van der Waals surface area contributed by atoms with Crippen LogP contribution < -0.4 is 5.32 Å². The summed E-state index contributed by atoms with van der Waals surface area (Å²) in [5.41, 5.74) is 0. The van der Waals surface area contributed by atoms with Gasteiger partial charge in [-0.1, -0.05) is 20.8 Å². The van der Waals surface area contributed by atoms with Gasteiger partial charge < -0.3 is 5.32 Å². The molecule has 0 amide bonds. The molecule has 1 heterocycles. The maximum Gasteiger partial charge on any atom is 0.0278 e. The minimum atomic E-state index is 0.595. The van der Waals surface area contributed by atoms with Crippen LogP contribution in [0.4, 0.5) is 0 Å². The Labute approximate surface area is 103 Å². The topological polar surface area (TPSA) is 24.9 Å². The summed E-state index contributed by atoms with van der Waals surface area (Å²) in [6.45, 7) is 7.88. The van der Waals surface area contributed by atoms with Crippen molar-refractivity contribution < 1.29 is 0 Å². The van der Waals surface area contributed by atoms with Gasteiger partial charge in [0, 0.05) is 29.1 Å². The summed E-state index contributed by atoms with van der Waals surface area (Å²) in [4.78, 5) is 5.33. The average Bonchev–Trinajstić information content (AvgIpc) is 2.30. The molecule has 16 heavy (non-hydrogen) atoms. The molecule has 1 unspecified atom stereocenters. The van der Waals surface area contributed by atoms with Crippen molar-refractivity contribution in [3.8, 4) is 0 Å². The summed E-state index contributed by atoms with van der Waals surface area (Å²) in [6, 6.07) is 4.74. The molecule has 0 spiro atoms. The normalized spacial score (nSPS) is 13.0. The number of pyridine rings is 1. The van der Waals surface area contributed by atoms with Gasteiger partial charge in [0.05, 0.1) is 0 Å². The third kappa shape index (κ3) is 4.99. The summed E-state index contributed by atoms with van der Waals surface area (Å²) in [5.74, 6) is 1.81. The standard InChI is InChI=1S/C13H22N2S/c1-4-7-15-13(11(2)3)10-16-12-5-8-14-9-6-12/h5-6,8-9,11,13,15H,4,7,10H2,1-3H3. The molecular weight excluding hydrogens is 216 g/mol. The molecule has 0 aliphatic heterocycles. The van der Waals surface area contributed by atoms with E-state index in [0.29, 0.717) is 12.0 Å². The van der Waals surface area contributed by atoms with Gasteiger partial charge in [-0.05, 0) is 31.0 Å². The summed E-state index contributed by atoms with van der Waals surface area (Å²) in [7, 11) is 0. The highest BCUT2D eigenvalue weighted by atomic mass is 32.2. The Morgan fingerprint density at radius 3 is 2.56 bits per heavy atom. The lowest BCUT2D eigenvalue weighted by molar-refractivity contribution is 0.434. The van der Waals surface area contributed by atoms with E-state index < -0.39 is 0 Å². The molecule has 1 N–H and O–H groups in total. The van der Waals surface area contributed by atoms with Crippen LogP contribution in [-0.4, -0.2) is 23.3 Å². The Morgan fingerprint density at radius 2 is 2.00 bits per heavy atom. The Hall–Kier alpha value is -0.540. The van der Waals surface area contributed by atoms with Crippen molar-refractivity contribution in [1.82, 2.24) is 10.3 Å². The van der Waals surface area contributed by atoms with Crippen molar-refractivity contribution >= 4 is 11.8 Å². The zero-order valence-corrected chi connectivity index (χ0v) is 11.3. The molecule has 0 saturated heterocycles. The molecule has 0 saturated carbocycles. The number of thioether (sulfide) groups is 1. The van der Waals surface area contributed by atoms with Gasteiger partial charge in [0.2, 0.25) is 0 Å². The molecule has 3 heteroatoms. The summed E-state index contributed by atoms with van der Waals surface area (Å²) >= 11 is 1.90. The van der Waals surface area contributed by atoms with E-state index in [-0.39, 0.29) is 0 Å². The Kier molecular flexibility index (Phi) is 6.50. The van der Waals surface area contributed by atoms with Crippen LogP contribution in [0.25, 0.3) is 0 Å². The third-order valence-electron chi connectivity index (χ3n) is 2.54. The molecule has 90 valence electrons. The first-order valence-corrected chi connectivity index (χ1v) is 6.98. The van der Waals surface area contributed by atoms with Gasteiger partial charge in [-0.25, -0.2) is 0 Å². The number of hydrogen-bond donors (Lipinski definition) is 1. The molecule has 0 aliphatic rings. The SMILES string of the molecule is CCCNC(CSc1ccncc1)C(C)C. The predicted molar refractivity (Wildman–Crippen MR) is 71.9 cm³/mol. The Balaban J connectivity index is 2.38. The molecule has 0 aliphatic carbocycles. The van der Waals surface area contributed by atoms with Gasteiger partial charge >= 0.3 is 0 Å². The van der Waals surface area contributed by atoms with Crippen molar-refractivity contribution in [3.63, 3.8) is 0 Å². The first-order chi connectivity index (χ1) is 7.74. The van der Waals surface area contributed by atoms with Gasteiger partial charge in [0.1, 0.15) is 0 Å². The summed E-state index contributed by atoms with van der Waals surface area (Å²) in [6.07, 6.45) is 4.90. The lowest BCUT2D eigenvalue weighted by Gasteiger charge is -2.21.